The lowest BCUT2D eigenvalue weighted by atomic mass is 10.0. The average Bonchev–Trinajstić information content (AvgIpc) is 2.70. The van der Waals surface area contributed by atoms with E-state index in [1.807, 2.05) is 50.2 Å². The van der Waals surface area contributed by atoms with Crippen molar-refractivity contribution >= 4 is 23.3 Å². The molecule has 0 spiro atoms. The molecule has 0 radical (unpaired) electrons. The van der Waals surface area contributed by atoms with Crippen LogP contribution >= 0.6 is 0 Å². The van der Waals surface area contributed by atoms with Crippen LogP contribution < -0.4 is 4.90 Å². The second kappa shape index (κ2) is 7.87. The van der Waals surface area contributed by atoms with Crippen molar-refractivity contribution in [2.45, 2.75) is 13.8 Å². The third-order valence-corrected chi connectivity index (χ3v) is 4.43. The first-order chi connectivity index (χ1) is 13.0. The van der Waals surface area contributed by atoms with E-state index in [2.05, 4.69) is 0 Å². The average molecular weight is 359 g/mol. The van der Waals surface area contributed by atoms with Crippen molar-refractivity contribution in [2.24, 2.45) is 0 Å². The van der Waals surface area contributed by atoms with Gasteiger partial charge in [0.2, 0.25) is 0 Å². The predicted molar refractivity (Wildman–Crippen MR) is 107 cm³/mol. The van der Waals surface area contributed by atoms with Crippen LogP contribution in [-0.4, -0.2) is 19.0 Å². The number of anilines is 2. The second-order valence-electron chi connectivity index (χ2n) is 6.29. The lowest BCUT2D eigenvalue weighted by molar-refractivity contribution is 0.0600. The van der Waals surface area contributed by atoms with E-state index in [-0.39, 0.29) is 5.91 Å². The molecule has 4 nitrogen and oxygen atoms in total. The fraction of sp³-hybridized carbons (Fsp3) is 0.130. The molecule has 3 aromatic rings. The zero-order chi connectivity index (χ0) is 19.4. The molecule has 0 saturated carbocycles. The summed E-state index contributed by atoms with van der Waals surface area (Å²) in [6, 6.07) is 22.0. The normalized spacial score (nSPS) is 10.3. The molecular weight excluding hydrogens is 338 g/mol. The molecule has 0 aliphatic heterocycles. The number of nitrogens with zero attached hydrogens (tertiary/aromatic N) is 1. The molecule has 0 atom stereocenters. The lowest BCUT2D eigenvalue weighted by Crippen LogP contribution is -2.27. The minimum Gasteiger partial charge on any atom is -0.465 e. The highest BCUT2D eigenvalue weighted by Crippen LogP contribution is 2.33. The van der Waals surface area contributed by atoms with E-state index in [1.165, 1.54) is 7.11 Å². The highest BCUT2D eigenvalue weighted by molar-refractivity contribution is 6.11. The Morgan fingerprint density at radius 3 is 1.89 bits per heavy atom. The first-order valence-corrected chi connectivity index (χ1v) is 8.67. The Labute approximate surface area is 159 Å². The summed E-state index contributed by atoms with van der Waals surface area (Å²) in [6.07, 6.45) is 0. The maximum atomic E-state index is 13.4. The number of hydrogen-bond donors (Lipinski definition) is 0. The van der Waals surface area contributed by atoms with Crippen molar-refractivity contribution in [3.8, 4) is 0 Å². The van der Waals surface area contributed by atoms with Crippen LogP contribution in [0, 0.1) is 13.8 Å². The van der Waals surface area contributed by atoms with Crippen molar-refractivity contribution in [1.82, 2.24) is 0 Å². The first kappa shape index (κ1) is 18.4. The number of hydrogen-bond acceptors (Lipinski definition) is 3. The van der Waals surface area contributed by atoms with Gasteiger partial charge in [-0.25, -0.2) is 4.79 Å². The predicted octanol–water partition coefficient (Wildman–Crippen LogP) is 5.07. The maximum absolute atomic E-state index is 13.4. The topological polar surface area (TPSA) is 46.6 Å². The van der Waals surface area contributed by atoms with Gasteiger partial charge in [0.1, 0.15) is 0 Å². The number of ether oxygens (including phenoxy) is 1. The standard InChI is InChI=1S/C23H21NO3/c1-16-8-7-9-17(2)21(16)24(22(25)18-10-5-4-6-11-18)20-14-12-19(13-15-20)23(26)27-3/h4-15H,1-3H3. The Morgan fingerprint density at radius 2 is 1.33 bits per heavy atom. The molecule has 0 heterocycles. The fourth-order valence-electron chi connectivity index (χ4n) is 3.08. The Kier molecular flexibility index (Phi) is 5.36. The summed E-state index contributed by atoms with van der Waals surface area (Å²) < 4.78 is 4.76. The molecule has 4 heteroatoms. The minimum absolute atomic E-state index is 0.126. The van der Waals surface area contributed by atoms with Gasteiger partial charge in [0.05, 0.1) is 18.4 Å². The van der Waals surface area contributed by atoms with E-state index in [0.717, 1.165) is 16.8 Å². The number of esters is 1. The van der Waals surface area contributed by atoms with Gasteiger partial charge in [-0.2, -0.15) is 0 Å². The third-order valence-electron chi connectivity index (χ3n) is 4.43. The Bertz CT molecular complexity index is 942. The molecule has 0 aromatic heterocycles. The van der Waals surface area contributed by atoms with Crippen molar-refractivity contribution in [3.63, 3.8) is 0 Å². The van der Waals surface area contributed by atoms with Crippen molar-refractivity contribution in [1.29, 1.82) is 0 Å². The first-order valence-electron chi connectivity index (χ1n) is 8.67. The molecule has 0 saturated heterocycles. The molecule has 0 N–H and O–H groups in total. The van der Waals surface area contributed by atoms with Crippen LogP contribution in [0.1, 0.15) is 31.8 Å². The summed E-state index contributed by atoms with van der Waals surface area (Å²) in [4.78, 5) is 26.8. The number of methoxy groups -OCH3 is 1. The monoisotopic (exact) mass is 359 g/mol. The van der Waals surface area contributed by atoms with Crippen LogP contribution in [-0.2, 0) is 4.74 Å². The van der Waals surface area contributed by atoms with Crippen LogP contribution in [0.15, 0.2) is 72.8 Å². The molecule has 1 amide bonds. The van der Waals surface area contributed by atoms with Crippen molar-refractivity contribution in [2.75, 3.05) is 12.0 Å². The Hall–Kier alpha value is -3.40. The molecule has 0 fully saturated rings. The number of amides is 1. The molecule has 27 heavy (non-hydrogen) atoms. The highest BCUT2D eigenvalue weighted by atomic mass is 16.5. The summed E-state index contributed by atoms with van der Waals surface area (Å²) >= 11 is 0. The number of carbonyl (C=O) groups excluding carboxylic acids is 2. The smallest absolute Gasteiger partial charge is 0.337 e. The van der Waals surface area contributed by atoms with Gasteiger partial charge in [-0.15, -0.1) is 0 Å². The van der Waals surface area contributed by atoms with E-state index in [4.69, 9.17) is 4.74 Å². The SMILES string of the molecule is COC(=O)c1ccc(N(C(=O)c2ccccc2)c2c(C)cccc2C)cc1. The van der Waals surface area contributed by atoms with Crippen LogP contribution in [0.4, 0.5) is 11.4 Å². The number of carbonyl (C=O) groups is 2. The zero-order valence-electron chi connectivity index (χ0n) is 15.6. The van der Waals surface area contributed by atoms with Gasteiger partial charge in [0.15, 0.2) is 0 Å². The summed E-state index contributed by atoms with van der Waals surface area (Å²) in [5, 5.41) is 0. The van der Waals surface area contributed by atoms with E-state index < -0.39 is 5.97 Å². The maximum Gasteiger partial charge on any atom is 0.337 e. The summed E-state index contributed by atoms with van der Waals surface area (Å²) in [5.41, 5.74) is 4.56. The van der Waals surface area contributed by atoms with Gasteiger partial charge >= 0.3 is 5.97 Å². The van der Waals surface area contributed by atoms with Crippen LogP contribution in [0.3, 0.4) is 0 Å². The van der Waals surface area contributed by atoms with Gasteiger partial charge in [-0.3, -0.25) is 9.69 Å². The third kappa shape index (κ3) is 3.75. The molecule has 3 rings (SSSR count). The van der Waals surface area contributed by atoms with Gasteiger partial charge in [-0.1, -0.05) is 36.4 Å². The minimum atomic E-state index is -0.408. The highest BCUT2D eigenvalue weighted by Gasteiger charge is 2.23. The Morgan fingerprint density at radius 1 is 0.741 bits per heavy atom. The molecule has 0 aliphatic rings. The quantitative estimate of drug-likeness (QED) is 0.611. The summed E-state index contributed by atoms with van der Waals surface area (Å²) in [5.74, 6) is -0.534. The van der Waals surface area contributed by atoms with Crippen molar-refractivity contribution in [3.05, 3.63) is 95.1 Å². The fourth-order valence-corrected chi connectivity index (χ4v) is 3.08. The van der Waals surface area contributed by atoms with E-state index in [9.17, 15) is 9.59 Å². The van der Waals surface area contributed by atoms with Gasteiger partial charge in [-0.05, 0) is 61.4 Å². The van der Waals surface area contributed by atoms with Crippen LogP contribution in [0.2, 0.25) is 0 Å². The zero-order valence-corrected chi connectivity index (χ0v) is 15.6. The Balaban J connectivity index is 2.13. The van der Waals surface area contributed by atoms with Crippen molar-refractivity contribution < 1.29 is 14.3 Å². The molecular formula is C23H21NO3. The number of rotatable bonds is 4. The lowest BCUT2D eigenvalue weighted by Gasteiger charge is -2.26. The van der Waals surface area contributed by atoms with Gasteiger partial charge < -0.3 is 4.74 Å². The molecule has 3 aromatic carbocycles. The van der Waals surface area contributed by atoms with Gasteiger partial charge in [0, 0.05) is 11.3 Å². The number of para-hydroxylation sites is 1. The number of benzene rings is 3. The largest absolute Gasteiger partial charge is 0.465 e. The molecule has 136 valence electrons. The number of aryl methyl sites for hydroxylation is 2. The molecule has 0 unspecified atom stereocenters. The van der Waals surface area contributed by atoms with Crippen LogP contribution in [0.5, 0.6) is 0 Å². The second-order valence-corrected chi connectivity index (χ2v) is 6.29. The van der Waals surface area contributed by atoms with E-state index in [0.29, 0.717) is 16.8 Å². The van der Waals surface area contributed by atoms with E-state index in [1.54, 1.807) is 41.3 Å². The van der Waals surface area contributed by atoms with E-state index >= 15 is 0 Å². The molecule has 0 aliphatic carbocycles. The summed E-state index contributed by atoms with van der Waals surface area (Å²) in [7, 11) is 1.35. The molecule has 0 bridgehead atoms. The summed E-state index contributed by atoms with van der Waals surface area (Å²) in [6.45, 7) is 3.97. The van der Waals surface area contributed by atoms with Gasteiger partial charge in [0.25, 0.3) is 5.91 Å². The van der Waals surface area contributed by atoms with Crippen LogP contribution in [0.25, 0.3) is 0 Å².